The second kappa shape index (κ2) is 8.88. The number of nitrogens with one attached hydrogen (secondary N) is 2. The Morgan fingerprint density at radius 3 is 2.27 bits per heavy atom. The van der Waals surface area contributed by atoms with E-state index in [1.165, 1.54) is 0 Å². The van der Waals surface area contributed by atoms with Crippen LogP contribution < -0.4 is 10.9 Å². The molecule has 0 aliphatic rings. The predicted octanol–water partition coefficient (Wildman–Crippen LogP) is 4.21. The summed E-state index contributed by atoms with van der Waals surface area (Å²) in [6, 6.07) is 23.8. The lowest BCUT2D eigenvalue weighted by Crippen LogP contribution is -2.16. The van der Waals surface area contributed by atoms with Gasteiger partial charge in [0.15, 0.2) is 0 Å². The van der Waals surface area contributed by atoms with E-state index >= 15 is 0 Å². The number of aryl methyl sites for hydroxylation is 1. The molecule has 2 N–H and O–H groups in total. The van der Waals surface area contributed by atoms with Gasteiger partial charge in [0.25, 0.3) is 5.56 Å². The molecule has 3 aromatic carbocycles. The number of fused-ring (bicyclic) bond motifs is 1. The first kappa shape index (κ1) is 20.3. The number of carbonyl (C=O) groups excluding carboxylic acids is 1. The standard InChI is InChI=1S/C25H19N5O3/c31-22(15-14-21-27-20-9-5-4-8-19(20)23(32)28-21)26-18-12-10-17(11-13-18)25-30-29-24(33-25)16-6-2-1-3-7-16/h1-13H,14-15H2,(H,26,31)(H,27,28,32). The molecule has 0 aliphatic heterocycles. The lowest BCUT2D eigenvalue weighted by atomic mass is 10.2. The second-order valence-electron chi connectivity index (χ2n) is 7.43. The summed E-state index contributed by atoms with van der Waals surface area (Å²) >= 11 is 0. The SMILES string of the molecule is O=C(CCc1nc2ccccc2c(=O)[nH]1)Nc1ccc(-c2nnc(-c3ccccc3)o2)cc1. The maximum atomic E-state index is 12.4. The van der Waals surface area contributed by atoms with Crippen LogP contribution in [0.3, 0.4) is 0 Å². The number of nitrogens with zero attached hydrogens (tertiary/aromatic N) is 3. The van der Waals surface area contributed by atoms with Gasteiger partial charge < -0.3 is 14.7 Å². The van der Waals surface area contributed by atoms with Gasteiger partial charge in [-0.25, -0.2) is 4.98 Å². The molecule has 0 saturated carbocycles. The van der Waals surface area contributed by atoms with Crippen LogP contribution >= 0.6 is 0 Å². The molecular weight excluding hydrogens is 418 g/mol. The van der Waals surface area contributed by atoms with E-state index in [4.69, 9.17) is 4.42 Å². The molecule has 0 aliphatic carbocycles. The molecule has 33 heavy (non-hydrogen) atoms. The molecule has 162 valence electrons. The Labute approximate surface area is 188 Å². The van der Waals surface area contributed by atoms with Gasteiger partial charge in [-0.15, -0.1) is 10.2 Å². The van der Waals surface area contributed by atoms with Crippen molar-refractivity contribution in [3.8, 4) is 22.9 Å². The summed E-state index contributed by atoms with van der Waals surface area (Å²) < 4.78 is 5.76. The molecule has 2 heterocycles. The minimum Gasteiger partial charge on any atom is -0.416 e. The van der Waals surface area contributed by atoms with Crippen molar-refractivity contribution in [2.24, 2.45) is 0 Å². The van der Waals surface area contributed by atoms with Crippen molar-refractivity contribution in [1.82, 2.24) is 20.2 Å². The van der Waals surface area contributed by atoms with E-state index < -0.39 is 0 Å². The Balaban J connectivity index is 1.21. The number of hydrogen-bond donors (Lipinski definition) is 2. The quantitative estimate of drug-likeness (QED) is 0.411. The predicted molar refractivity (Wildman–Crippen MR) is 124 cm³/mol. The smallest absolute Gasteiger partial charge is 0.258 e. The van der Waals surface area contributed by atoms with Crippen molar-refractivity contribution in [3.05, 3.63) is 95.0 Å². The monoisotopic (exact) mass is 437 g/mol. The Bertz CT molecular complexity index is 1470. The number of anilines is 1. The van der Waals surface area contributed by atoms with Gasteiger partial charge in [-0.05, 0) is 48.5 Å². The van der Waals surface area contributed by atoms with Gasteiger partial charge in [0, 0.05) is 29.7 Å². The molecule has 0 fully saturated rings. The van der Waals surface area contributed by atoms with Crippen molar-refractivity contribution < 1.29 is 9.21 Å². The first-order chi connectivity index (χ1) is 16.2. The molecule has 0 radical (unpaired) electrons. The van der Waals surface area contributed by atoms with Gasteiger partial charge in [0.05, 0.1) is 10.9 Å². The Morgan fingerprint density at radius 2 is 1.52 bits per heavy atom. The average molecular weight is 437 g/mol. The van der Waals surface area contributed by atoms with Crippen LogP contribution in [0.4, 0.5) is 5.69 Å². The third-order valence-corrected chi connectivity index (χ3v) is 5.11. The topological polar surface area (TPSA) is 114 Å². The van der Waals surface area contributed by atoms with Gasteiger partial charge in [0.1, 0.15) is 5.82 Å². The molecule has 0 atom stereocenters. The van der Waals surface area contributed by atoms with Crippen LogP contribution in [0.5, 0.6) is 0 Å². The van der Waals surface area contributed by atoms with E-state index in [9.17, 15) is 9.59 Å². The number of para-hydroxylation sites is 1. The van der Waals surface area contributed by atoms with Crippen molar-refractivity contribution >= 4 is 22.5 Å². The van der Waals surface area contributed by atoms with E-state index in [-0.39, 0.29) is 17.9 Å². The maximum absolute atomic E-state index is 12.4. The molecular formula is C25H19N5O3. The number of hydrogen-bond acceptors (Lipinski definition) is 6. The minimum atomic E-state index is -0.206. The number of rotatable bonds is 6. The van der Waals surface area contributed by atoms with Crippen LogP contribution in [0, 0.1) is 0 Å². The number of benzene rings is 3. The fourth-order valence-corrected chi connectivity index (χ4v) is 3.44. The summed E-state index contributed by atoms with van der Waals surface area (Å²) in [6.07, 6.45) is 0.515. The van der Waals surface area contributed by atoms with E-state index in [1.807, 2.05) is 36.4 Å². The molecule has 0 bridgehead atoms. The Morgan fingerprint density at radius 1 is 0.848 bits per heavy atom. The van der Waals surface area contributed by atoms with Crippen LogP contribution in [0.25, 0.3) is 33.8 Å². The number of carbonyl (C=O) groups is 1. The highest BCUT2D eigenvalue weighted by molar-refractivity contribution is 5.91. The van der Waals surface area contributed by atoms with Gasteiger partial charge in [-0.3, -0.25) is 9.59 Å². The Kier molecular flexibility index (Phi) is 5.47. The normalized spacial score (nSPS) is 10.9. The zero-order chi connectivity index (χ0) is 22.6. The van der Waals surface area contributed by atoms with Gasteiger partial charge >= 0.3 is 0 Å². The number of aromatic nitrogens is 4. The maximum Gasteiger partial charge on any atom is 0.258 e. The van der Waals surface area contributed by atoms with Crippen LogP contribution in [-0.4, -0.2) is 26.1 Å². The summed E-state index contributed by atoms with van der Waals surface area (Å²) in [5.74, 6) is 1.15. The zero-order valence-electron chi connectivity index (χ0n) is 17.5. The second-order valence-corrected chi connectivity index (χ2v) is 7.43. The molecule has 8 nitrogen and oxygen atoms in total. The van der Waals surface area contributed by atoms with E-state index in [1.54, 1.807) is 42.5 Å². The van der Waals surface area contributed by atoms with Gasteiger partial charge in [0.2, 0.25) is 17.7 Å². The van der Waals surface area contributed by atoms with E-state index in [2.05, 4.69) is 25.5 Å². The first-order valence-corrected chi connectivity index (χ1v) is 10.4. The number of amides is 1. The lowest BCUT2D eigenvalue weighted by Gasteiger charge is -2.06. The molecule has 0 saturated heterocycles. The number of H-pyrrole nitrogens is 1. The summed E-state index contributed by atoms with van der Waals surface area (Å²) in [6.45, 7) is 0. The fourth-order valence-electron chi connectivity index (χ4n) is 3.44. The van der Waals surface area contributed by atoms with Crippen molar-refractivity contribution in [3.63, 3.8) is 0 Å². The van der Waals surface area contributed by atoms with Crippen LogP contribution in [-0.2, 0) is 11.2 Å². The highest BCUT2D eigenvalue weighted by Gasteiger charge is 2.11. The summed E-state index contributed by atoms with van der Waals surface area (Å²) in [5, 5.41) is 11.6. The van der Waals surface area contributed by atoms with Gasteiger partial charge in [-0.1, -0.05) is 30.3 Å². The third-order valence-electron chi connectivity index (χ3n) is 5.11. The van der Waals surface area contributed by atoms with Crippen molar-refractivity contribution in [2.75, 3.05) is 5.32 Å². The highest BCUT2D eigenvalue weighted by Crippen LogP contribution is 2.24. The Hall–Kier alpha value is -4.59. The molecule has 1 amide bonds. The average Bonchev–Trinajstić information content (AvgIpc) is 3.34. The fraction of sp³-hybridized carbons (Fsp3) is 0.0800. The van der Waals surface area contributed by atoms with Crippen LogP contribution in [0.15, 0.2) is 88.1 Å². The first-order valence-electron chi connectivity index (χ1n) is 10.4. The van der Waals surface area contributed by atoms with Crippen LogP contribution in [0.1, 0.15) is 12.2 Å². The van der Waals surface area contributed by atoms with E-state index in [0.717, 1.165) is 11.1 Å². The molecule has 5 rings (SSSR count). The molecule has 0 unspecified atom stereocenters. The molecule has 8 heteroatoms. The van der Waals surface area contributed by atoms with Crippen molar-refractivity contribution in [2.45, 2.75) is 12.8 Å². The molecule has 2 aromatic heterocycles. The van der Waals surface area contributed by atoms with Crippen LogP contribution in [0.2, 0.25) is 0 Å². The van der Waals surface area contributed by atoms with Gasteiger partial charge in [-0.2, -0.15) is 0 Å². The highest BCUT2D eigenvalue weighted by atomic mass is 16.4. The minimum absolute atomic E-state index is 0.178. The number of aromatic amines is 1. The van der Waals surface area contributed by atoms with Crippen molar-refractivity contribution in [1.29, 1.82) is 0 Å². The van der Waals surface area contributed by atoms with E-state index in [0.29, 0.717) is 40.6 Å². The summed E-state index contributed by atoms with van der Waals surface area (Å²) in [7, 11) is 0. The summed E-state index contributed by atoms with van der Waals surface area (Å²) in [4.78, 5) is 31.7. The lowest BCUT2D eigenvalue weighted by molar-refractivity contribution is -0.116. The zero-order valence-corrected chi connectivity index (χ0v) is 17.5. The third kappa shape index (κ3) is 4.54. The summed E-state index contributed by atoms with van der Waals surface area (Å²) in [5.41, 5.74) is 2.65. The largest absolute Gasteiger partial charge is 0.416 e. The molecule has 5 aromatic rings. The molecule has 0 spiro atoms.